The lowest BCUT2D eigenvalue weighted by atomic mass is 9.92. The first-order valence-corrected chi connectivity index (χ1v) is 6.27. The highest BCUT2D eigenvalue weighted by Gasteiger charge is 2.26. The maximum Gasteiger partial charge on any atom is 0.119 e. The van der Waals surface area contributed by atoms with Gasteiger partial charge in [0.05, 0.1) is 12.6 Å². The monoisotopic (exact) mass is 234 g/mol. The molecule has 1 aromatic carbocycles. The Labute approximate surface area is 104 Å². The van der Waals surface area contributed by atoms with Crippen molar-refractivity contribution in [1.29, 1.82) is 0 Å². The van der Waals surface area contributed by atoms with Gasteiger partial charge in [0.1, 0.15) is 5.75 Å². The van der Waals surface area contributed by atoms with Crippen molar-refractivity contribution in [2.75, 3.05) is 26.7 Å². The number of nitrogens with two attached hydrogens (primary N) is 1. The van der Waals surface area contributed by atoms with Gasteiger partial charge in [-0.25, -0.2) is 0 Å². The van der Waals surface area contributed by atoms with Gasteiger partial charge in [-0.15, -0.1) is 0 Å². The van der Waals surface area contributed by atoms with E-state index in [9.17, 15) is 0 Å². The molecule has 3 heteroatoms. The third kappa shape index (κ3) is 2.99. The van der Waals surface area contributed by atoms with Crippen molar-refractivity contribution in [3.63, 3.8) is 0 Å². The molecule has 0 spiro atoms. The van der Waals surface area contributed by atoms with E-state index in [0.29, 0.717) is 0 Å². The van der Waals surface area contributed by atoms with E-state index in [1.165, 1.54) is 25.9 Å². The molecule has 3 nitrogen and oxygen atoms in total. The zero-order chi connectivity index (χ0) is 12.3. The molecule has 94 valence electrons. The van der Waals surface area contributed by atoms with E-state index in [1.54, 1.807) is 7.11 Å². The van der Waals surface area contributed by atoms with Gasteiger partial charge in [-0.1, -0.05) is 12.1 Å². The second-order valence-electron chi connectivity index (χ2n) is 5.13. The van der Waals surface area contributed by atoms with Crippen LogP contribution in [0.3, 0.4) is 0 Å². The fourth-order valence-corrected chi connectivity index (χ4v) is 2.47. The predicted octanol–water partition coefficient (Wildman–Crippen LogP) is 1.96. The molecule has 0 amide bonds. The normalized spacial score (nSPS) is 20.2. The Balaban J connectivity index is 2.11. The van der Waals surface area contributed by atoms with Gasteiger partial charge in [0.25, 0.3) is 0 Å². The number of ether oxygens (including phenoxy) is 1. The van der Waals surface area contributed by atoms with Crippen LogP contribution in [0.2, 0.25) is 0 Å². The average molecular weight is 234 g/mol. The van der Waals surface area contributed by atoms with Gasteiger partial charge in [-0.05, 0) is 50.6 Å². The highest BCUT2D eigenvalue weighted by molar-refractivity contribution is 5.33. The summed E-state index contributed by atoms with van der Waals surface area (Å²) in [6.45, 7) is 5.37. The van der Waals surface area contributed by atoms with Crippen molar-refractivity contribution in [1.82, 2.24) is 4.90 Å². The molecule has 1 saturated heterocycles. The summed E-state index contributed by atoms with van der Waals surface area (Å²) in [7, 11) is 1.69. The first-order chi connectivity index (χ1) is 8.12. The molecular formula is C14H22N2O. The first-order valence-electron chi connectivity index (χ1n) is 6.27. The van der Waals surface area contributed by atoms with E-state index in [-0.39, 0.29) is 5.54 Å². The Morgan fingerprint density at radius 1 is 1.35 bits per heavy atom. The Bertz CT molecular complexity index is 370. The largest absolute Gasteiger partial charge is 0.497 e. The molecule has 0 aliphatic carbocycles. The van der Waals surface area contributed by atoms with Gasteiger partial charge >= 0.3 is 0 Å². The van der Waals surface area contributed by atoms with Crippen molar-refractivity contribution in [2.24, 2.45) is 5.73 Å². The third-order valence-corrected chi connectivity index (χ3v) is 3.48. The molecule has 0 saturated carbocycles. The van der Waals surface area contributed by atoms with E-state index in [4.69, 9.17) is 10.5 Å². The van der Waals surface area contributed by atoms with Crippen LogP contribution in [0.1, 0.15) is 25.3 Å². The van der Waals surface area contributed by atoms with Crippen molar-refractivity contribution < 1.29 is 4.74 Å². The third-order valence-electron chi connectivity index (χ3n) is 3.48. The van der Waals surface area contributed by atoms with Crippen LogP contribution in [0.4, 0.5) is 0 Å². The summed E-state index contributed by atoms with van der Waals surface area (Å²) >= 11 is 0. The molecule has 2 rings (SSSR count). The Hall–Kier alpha value is -1.06. The van der Waals surface area contributed by atoms with Crippen LogP contribution < -0.4 is 10.5 Å². The zero-order valence-corrected chi connectivity index (χ0v) is 10.8. The fraction of sp³-hybridized carbons (Fsp3) is 0.571. The molecule has 1 aromatic rings. The lowest BCUT2D eigenvalue weighted by Gasteiger charge is -2.30. The smallest absolute Gasteiger partial charge is 0.119 e. The van der Waals surface area contributed by atoms with E-state index in [1.807, 2.05) is 18.2 Å². The van der Waals surface area contributed by atoms with Gasteiger partial charge in [0, 0.05) is 6.54 Å². The van der Waals surface area contributed by atoms with E-state index >= 15 is 0 Å². The van der Waals surface area contributed by atoms with Crippen molar-refractivity contribution in [2.45, 2.75) is 25.3 Å². The number of methoxy groups -OCH3 is 1. The molecule has 1 aliphatic heterocycles. The first kappa shape index (κ1) is 12.4. The topological polar surface area (TPSA) is 38.5 Å². The van der Waals surface area contributed by atoms with Crippen LogP contribution in [-0.2, 0) is 5.54 Å². The lowest BCUT2D eigenvalue weighted by Crippen LogP contribution is -2.44. The molecule has 1 unspecified atom stereocenters. The van der Waals surface area contributed by atoms with Crippen LogP contribution >= 0.6 is 0 Å². The minimum absolute atomic E-state index is 0.307. The highest BCUT2D eigenvalue weighted by Crippen LogP contribution is 2.24. The maximum atomic E-state index is 6.44. The highest BCUT2D eigenvalue weighted by atomic mass is 16.5. The number of likely N-dealkylation sites (tertiary alicyclic amines) is 1. The summed E-state index contributed by atoms with van der Waals surface area (Å²) in [6, 6.07) is 8.08. The van der Waals surface area contributed by atoms with E-state index < -0.39 is 0 Å². The maximum absolute atomic E-state index is 6.44. The molecule has 0 radical (unpaired) electrons. The summed E-state index contributed by atoms with van der Waals surface area (Å²) in [4.78, 5) is 2.44. The zero-order valence-electron chi connectivity index (χ0n) is 10.8. The van der Waals surface area contributed by atoms with E-state index in [2.05, 4.69) is 17.9 Å². The fourth-order valence-electron chi connectivity index (χ4n) is 2.47. The van der Waals surface area contributed by atoms with Crippen LogP contribution in [0.25, 0.3) is 0 Å². The van der Waals surface area contributed by atoms with Gasteiger partial charge < -0.3 is 15.4 Å². The van der Waals surface area contributed by atoms with Crippen LogP contribution in [0.5, 0.6) is 5.75 Å². The minimum Gasteiger partial charge on any atom is -0.497 e. The van der Waals surface area contributed by atoms with Gasteiger partial charge in [0.15, 0.2) is 0 Å². The summed E-state index contributed by atoms with van der Waals surface area (Å²) in [5.74, 6) is 0.876. The number of benzene rings is 1. The summed E-state index contributed by atoms with van der Waals surface area (Å²) < 4.78 is 5.25. The summed E-state index contributed by atoms with van der Waals surface area (Å²) in [5.41, 5.74) is 7.28. The van der Waals surface area contributed by atoms with E-state index in [0.717, 1.165) is 17.9 Å². The standard InChI is InChI=1S/C14H22N2O/c1-14(15,11-16-8-3-4-9-16)12-6-5-7-13(10-12)17-2/h5-7,10H,3-4,8-9,11,15H2,1-2H3. The predicted molar refractivity (Wildman–Crippen MR) is 70.2 cm³/mol. The van der Waals surface area contributed by atoms with Crippen molar-refractivity contribution in [3.05, 3.63) is 29.8 Å². The molecule has 0 aromatic heterocycles. The summed E-state index contributed by atoms with van der Waals surface area (Å²) in [6.07, 6.45) is 2.60. The minimum atomic E-state index is -0.307. The quantitative estimate of drug-likeness (QED) is 0.865. The lowest BCUT2D eigenvalue weighted by molar-refractivity contribution is 0.260. The molecule has 1 heterocycles. The average Bonchev–Trinajstić information content (AvgIpc) is 2.81. The Morgan fingerprint density at radius 2 is 2.06 bits per heavy atom. The molecule has 1 aliphatic rings. The molecule has 0 bridgehead atoms. The van der Waals surface area contributed by atoms with Crippen molar-refractivity contribution in [3.8, 4) is 5.75 Å². The number of rotatable bonds is 4. The molecule has 1 fully saturated rings. The second kappa shape index (κ2) is 5.07. The van der Waals surface area contributed by atoms with Crippen LogP contribution in [0, 0.1) is 0 Å². The Morgan fingerprint density at radius 3 is 2.71 bits per heavy atom. The van der Waals surface area contributed by atoms with Gasteiger partial charge in [-0.3, -0.25) is 0 Å². The van der Waals surface area contributed by atoms with Crippen LogP contribution in [-0.4, -0.2) is 31.6 Å². The number of hydrogen-bond donors (Lipinski definition) is 1. The van der Waals surface area contributed by atoms with Crippen molar-refractivity contribution >= 4 is 0 Å². The summed E-state index contributed by atoms with van der Waals surface area (Å²) in [5, 5.41) is 0. The second-order valence-corrected chi connectivity index (χ2v) is 5.13. The molecule has 2 N–H and O–H groups in total. The SMILES string of the molecule is COc1cccc(C(C)(N)CN2CCCC2)c1. The van der Waals surface area contributed by atoms with Gasteiger partial charge in [-0.2, -0.15) is 0 Å². The van der Waals surface area contributed by atoms with Gasteiger partial charge in [0.2, 0.25) is 0 Å². The Kier molecular flexibility index (Phi) is 3.69. The molecule has 17 heavy (non-hydrogen) atoms. The molecular weight excluding hydrogens is 212 g/mol. The number of nitrogens with zero attached hydrogens (tertiary/aromatic N) is 1. The molecule has 1 atom stereocenters. The number of hydrogen-bond acceptors (Lipinski definition) is 3. The van der Waals surface area contributed by atoms with Crippen LogP contribution in [0.15, 0.2) is 24.3 Å².